The molecule has 16 heavy (non-hydrogen) atoms. The average Bonchev–Trinajstić information content (AvgIpc) is 2.50. The molecular formula is C11H23N5. The standard InChI is InChI=1S/C11H23N5/c1-8-15(7-6-11(12)13)9-4-2-3-5-10(9)16(8)14/h8-10H,2-7,14H2,1H3,(H3,12,13). The lowest BCUT2D eigenvalue weighted by molar-refractivity contribution is 0.133. The lowest BCUT2D eigenvalue weighted by Gasteiger charge is -2.31. The Kier molecular flexibility index (Phi) is 3.47. The predicted molar refractivity (Wildman–Crippen MR) is 64.8 cm³/mol. The number of rotatable bonds is 3. The summed E-state index contributed by atoms with van der Waals surface area (Å²) in [5.74, 6) is 6.41. The Labute approximate surface area is 97.2 Å². The maximum atomic E-state index is 7.31. The Morgan fingerprint density at radius 2 is 1.94 bits per heavy atom. The predicted octanol–water partition coefficient (Wildman–Crippen LogP) is 0.461. The fraction of sp³-hybridized carbons (Fsp3) is 0.909. The second kappa shape index (κ2) is 4.69. The van der Waals surface area contributed by atoms with Crippen LogP contribution in [0.25, 0.3) is 0 Å². The molecule has 0 aromatic rings. The summed E-state index contributed by atoms with van der Waals surface area (Å²) >= 11 is 0. The molecule has 1 aliphatic carbocycles. The molecule has 1 aliphatic heterocycles. The van der Waals surface area contributed by atoms with Crippen LogP contribution in [-0.2, 0) is 0 Å². The van der Waals surface area contributed by atoms with E-state index >= 15 is 0 Å². The maximum absolute atomic E-state index is 7.31. The molecule has 2 fully saturated rings. The van der Waals surface area contributed by atoms with E-state index < -0.39 is 0 Å². The van der Waals surface area contributed by atoms with Crippen molar-refractivity contribution >= 4 is 5.84 Å². The molecule has 1 saturated carbocycles. The van der Waals surface area contributed by atoms with Crippen LogP contribution in [0, 0.1) is 5.41 Å². The first-order valence-electron chi connectivity index (χ1n) is 6.23. The zero-order valence-electron chi connectivity index (χ0n) is 10.0. The molecule has 5 heteroatoms. The molecule has 1 saturated heterocycles. The van der Waals surface area contributed by atoms with Gasteiger partial charge in [0.15, 0.2) is 0 Å². The van der Waals surface area contributed by atoms with Gasteiger partial charge < -0.3 is 5.73 Å². The topological polar surface area (TPSA) is 82.4 Å². The van der Waals surface area contributed by atoms with Crippen molar-refractivity contribution in [3.8, 4) is 0 Å². The van der Waals surface area contributed by atoms with Gasteiger partial charge in [-0.15, -0.1) is 0 Å². The van der Waals surface area contributed by atoms with Gasteiger partial charge in [0, 0.05) is 25.0 Å². The molecule has 5 N–H and O–H groups in total. The van der Waals surface area contributed by atoms with Crippen molar-refractivity contribution in [2.45, 2.75) is 57.3 Å². The molecule has 3 unspecified atom stereocenters. The molecule has 1 heterocycles. The third-order valence-electron chi connectivity index (χ3n) is 4.05. The van der Waals surface area contributed by atoms with Gasteiger partial charge in [0.05, 0.1) is 12.0 Å². The Bertz CT molecular complexity index is 267. The molecule has 3 atom stereocenters. The summed E-state index contributed by atoms with van der Waals surface area (Å²) in [6.45, 7) is 3.02. The fourth-order valence-electron chi connectivity index (χ4n) is 3.15. The van der Waals surface area contributed by atoms with E-state index in [1.54, 1.807) is 0 Å². The minimum absolute atomic E-state index is 0.273. The van der Waals surface area contributed by atoms with Gasteiger partial charge in [-0.05, 0) is 19.8 Å². The van der Waals surface area contributed by atoms with Gasteiger partial charge in [0.25, 0.3) is 0 Å². The minimum atomic E-state index is 0.273. The molecule has 5 nitrogen and oxygen atoms in total. The lowest BCUT2D eigenvalue weighted by atomic mass is 9.90. The van der Waals surface area contributed by atoms with Gasteiger partial charge in [0.1, 0.15) is 0 Å². The lowest BCUT2D eigenvalue weighted by Crippen LogP contribution is -2.44. The van der Waals surface area contributed by atoms with Crippen LogP contribution in [-0.4, -0.2) is 40.5 Å². The Morgan fingerprint density at radius 3 is 2.56 bits per heavy atom. The fourth-order valence-corrected chi connectivity index (χ4v) is 3.15. The molecular weight excluding hydrogens is 202 g/mol. The van der Waals surface area contributed by atoms with E-state index in [4.69, 9.17) is 17.0 Å². The Morgan fingerprint density at radius 1 is 1.31 bits per heavy atom. The number of hydrazine groups is 1. The SMILES string of the molecule is CC1N(N)C2CCCCC2N1CCC(=N)N. The third-order valence-corrected chi connectivity index (χ3v) is 4.05. The summed E-state index contributed by atoms with van der Waals surface area (Å²) in [6.07, 6.45) is 5.98. The maximum Gasteiger partial charge on any atom is 0.0918 e. The van der Waals surface area contributed by atoms with Crippen molar-refractivity contribution in [3.05, 3.63) is 0 Å². The van der Waals surface area contributed by atoms with Gasteiger partial charge in [-0.3, -0.25) is 16.2 Å². The molecule has 0 radical (unpaired) electrons. The summed E-state index contributed by atoms with van der Waals surface area (Å²) in [7, 11) is 0. The molecule has 0 spiro atoms. The molecule has 0 aromatic heterocycles. The molecule has 0 amide bonds. The first-order chi connectivity index (χ1) is 7.61. The van der Waals surface area contributed by atoms with Crippen molar-refractivity contribution in [1.29, 1.82) is 5.41 Å². The zero-order valence-corrected chi connectivity index (χ0v) is 10.0. The van der Waals surface area contributed by atoms with Crippen LogP contribution >= 0.6 is 0 Å². The van der Waals surface area contributed by atoms with E-state index in [1.165, 1.54) is 25.7 Å². The highest BCUT2D eigenvalue weighted by Crippen LogP contribution is 2.34. The number of hydrogen-bond acceptors (Lipinski definition) is 4. The van der Waals surface area contributed by atoms with Crippen LogP contribution in [0.1, 0.15) is 39.0 Å². The molecule has 2 aliphatic rings. The van der Waals surface area contributed by atoms with Gasteiger partial charge in [-0.25, -0.2) is 5.01 Å². The highest BCUT2D eigenvalue weighted by atomic mass is 15.6. The smallest absolute Gasteiger partial charge is 0.0918 e. The summed E-state index contributed by atoms with van der Waals surface area (Å²) in [4.78, 5) is 2.42. The number of amidine groups is 1. The zero-order chi connectivity index (χ0) is 11.7. The molecule has 92 valence electrons. The Balaban J connectivity index is 2.02. The van der Waals surface area contributed by atoms with E-state index in [9.17, 15) is 0 Å². The summed E-state index contributed by atoms with van der Waals surface area (Å²) in [5.41, 5.74) is 5.43. The van der Waals surface area contributed by atoms with Crippen molar-refractivity contribution in [3.63, 3.8) is 0 Å². The first kappa shape index (κ1) is 11.8. The third kappa shape index (κ3) is 2.07. The van der Waals surface area contributed by atoms with Crippen molar-refractivity contribution in [2.24, 2.45) is 11.6 Å². The molecule has 2 rings (SSSR count). The van der Waals surface area contributed by atoms with Crippen molar-refractivity contribution < 1.29 is 0 Å². The number of fused-ring (bicyclic) bond motifs is 1. The van der Waals surface area contributed by atoms with Crippen LogP contribution in [0.5, 0.6) is 0 Å². The van der Waals surface area contributed by atoms with Crippen LogP contribution in [0.2, 0.25) is 0 Å². The van der Waals surface area contributed by atoms with Crippen LogP contribution in [0.3, 0.4) is 0 Å². The van der Waals surface area contributed by atoms with E-state index in [-0.39, 0.29) is 12.0 Å². The normalized spacial score (nSPS) is 36.2. The Hall–Kier alpha value is -0.650. The van der Waals surface area contributed by atoms with Crippen LogP contribution in [0.15, 0.2) is 0 Å². The monoisotopic (exact) mass is 225 g/mol. The highest BCUT2D eigenvalue weighted by Gasteiger charge is 2.44. The summed E-state index contributed by atoms with van der Waals surface area (Å²) in [5, 5.41) is 9.32. The second-order valence-corrected chi connectivity index (χ2v) is 5.01. The van der Waals surface area contributed by atoms with E-state index in [1.807, 2.05) is 5.01 Å². The average molecular weight is 225 g/mol. The highest BCUT2D eigenvalue weighted by molar-refractivity contribution is 5.76. The number of nitrogens with zero attached hydrogens (tertiary/aromatic N) is 2. The first-order valence-corrected chi connectivity index (χ1v) is 6.23. The van der Waals surface area contributed by atoms with Gasteiger partial charge >= 0.3 is 0 Å². The molecule has 0 bridgehead atoms. The van der Waals surface area contributed by atoms with Crippen LogP contribution in [0.4, 0.5) is 0 Å². The number of nitrogens with one attached hydrogen (secondary N) is 1. The van der Waals surface area contributed by atoms with E-state index in [2.05, 4.69) is 11.8 Å². The van der Waals surface area contributed by atoms with Gasteiger partial charge in [-0.2, -0.15) is 0 Å². The molecule has 0 aromatic carbocycles. The summed E-state index contributed by atoms with van der Waals surface area (Å²) in [6, 6.07) is 1.09. The van der Waals surface area contributed by atoms with Crippen LogP contribution < -0.4 is 11.6 Å². The minimum Gasteiger partial charge on any atom is -0.388 e. The second-order valence-electron chi connectivity index (χ2n) is 5.01. The quantitative estimate of drug-likeness (QED) is 0.370. The van der Waals surface area contributed by atoms with Gasteiger partial charge in [0.2, 0.25) is 0 Å². The largest absolute Gasteiger partial charge is 0.388 e. The van der Waals surface area contributed by atoms with Crippen molar-refractivity contribution in [2.75, 3.05) is 6.54 Å². The van der Waals surface area contributed by atoms with E-state index in [0.717, 1.165) is 6.54 Å². The number of nitrogens with two attached hydrogens (primary N) is 2. The number of hydrogen-bond donors (Lipinski definition) is 3. The van der Waals surface area contributed by atoms with Gasteiger partial charge in [-0.1, -0.05) is 12.8 Å². The summed E-state index contributed by atoms with van der Waals surface area (Å²) < 4.78 is 0. The van der Waals surface area contributed by atoms with Crippen molar-refractivity contribution in [1.82, 2.24) is 9.91 Å². The van der Waals surface area contributed by atoms with E-state index in [0.29, 0.717) is 18.5 Å².